The van der Waals surface area contributed by atoms with Crippen molar-refractivity contribution in [2.45, 2.75) is 6.54 Å². The lowest BCUT2D eigenvalue weighted by Gasteiger charge is -2.07. The average Bonchev–Trinajstić information content (AvgIpc) is 2.37. The number of urea groups is 1. The van der Waals surface area contributed by atoms with E-state index in [0.29, 0.717) is 0 Å². The number of carboxylic acids is 1. The Morgan fingerprint density at radius 2 is 1.90 bits per heavy atom. The predicted molar refractivity (Wildman–Crippen MR) is 65.2 cm³/mol. The number of amides is 3. The van der Waals surface area contributed by atoms with Crippen LogP contribution in [0.25, 0.3) is 0 Å². The van der Waals surface area contributed by atoms with Crippen molar-refractivity contribution in [1.82, 2.24) is 10.6 Å². The van der Waals surface area contributed by atoms with E-state index in [9.17, 15) is 18.8 Å². The van der Waals surface area contributed by atoms with Crippen LogP contribution in [0.1, 0.15) is 5.56 Å². The van der Waals surface area contributed by atoms with Crippen LogP contribution in [0, 0.1) is 5.82 Å². The normalized spacial score (nSPS) is 9.85. The number of carbonyl (C=O) groups excluding carboxylic acids is 2. The van der Waals surface area contributed by atoms with Gasteiger partial charge in [0.15, 0.2) is 0 Å². The van der Waals surface area contributed by atoms with Gasteiger partial charge in [-0.25, -0.2) is 14.0 Å². The lowest BCUT2D eigenvalue weighted by molar-refractivity contribution is -0.143. The van der Waals surface area contributed by atoms with E-state index in [-0.39, 0.29) is 12.1 Å². The summed E-state index contributed by atoms with van der Waals surface area (Å²) < 4.78 is 17.7. The van der Waals surface area contributed by atoms with E-state index >= 15 is 0 Å². The SMILES string of the molecule is O=C(O)COCC(=O)NC(=O)NCc1ccccc1F. The second kappa shape index (κ2) is 7.85. The second-order valence-corrected chi connectivity index (χ2v) is 3.71. The standard InChI is InChI=1S/C12H13FN2O5/c13-9-4-2-1-3-8(9)5-14-12(19)15-10(16)6-20-7-11(17)18/h1-4H,5-7H2,(H,17,18)(H2,14,15,16,19). The van der Waals surface area contributed by atoms with Crippen LogP contribution < -0.4 is 10.6 Å². The van der Waals surface area contributed by atoms with E-state index in [1.165, 1.54) is 18.2 Å². The highest BCUT2D eigenvalue weighted by atomic mass is 19.1. The van der Waals surface area contributed by atoms with Crippen molar-refractivity contribution in [3.8, 4) is 0 Å². The van der Waals surface area contributed by atoms with Crippen LogP contribution in [-0.4, -0.2) is 36.2 Å². The first-order valence-corrected chi connectivity index (χ1v) is 5.59. The Morgan fingerprint density at radius 1 is 1.20 bits per heavy atom. The van der Waals surface area contributed by atoms with E-state index < -0.39 is 36.9 Å². The minimum absolute atomic E-state index is 0.0816. The van der Waals surface area contributed by atoms with E-state index in [4.69, 9.17) is 5.11 Å². The Bertz CT molecular complexity index is 506. The van der Waals surface area contributed by atoms with Crippen molar-refractivity contribution in [2.24, 2.45) is 0 Å². The number of aliphatic carboxylic acids is 1. The highest BCUT2D eigenvalue weighted by Gasteiger charge is 2.09. The zero-order chi connectivity index (χ0) is 15.0. The minimum atomic E-state index is -1.22. The van der Waals surface area contributed by atoms with Gasteiger partial charge in [0.25, 0.3) is 5.91 Å². The molecule has 0 atom stereocenters. The summed E-state index contributed by atoms with van der Waals surface area (Å²) in [6.45, 7) is -1.27. The monoisotopic (exact) mass is 284 g/mol. The summed E-state index contributed by atoms with van der Waals surface area (Å²) in [5.41, 5.74) is 0.275. The van der Waals surface area contributed by atoms with E-state index in [1.54, 1.807) is 6.07 Å². The van der Waals surface area contributed by atoms with E-state index in [1.807, 2.05) is 5.32 Å². The highest BCUT2D eigenvalue weighted by Crippen LogP contribution is 2.05. The third kappa shape index (κ3) is 5.91. The maximum Gasteiger partial charge on any atom is 0.329 e. The first-order chi connectivity index (χ1) is 9.49. The molecule has 0 bridgehead atoms. The van der Waals surface area contributed by atoms with Gasteiger partial charge in [-0.1, -0.05) is 18.2 Å². The molecular formula is C12H13FN2O5. The topological polar surface area (TPSA) is 105 Å². The van der Waals surface area contributed by atoms with E-state index in [0.717, 1.165) is 0 Å². The van der Waals surface area contributed by atoms with Gasteiger partial charge < -0.3 is 15.2 Å². The molecule has 0 spiro atoms. The molecule has 20 heavy (non-hydrogen) atoms. The highest BCUT2D eigenvalue weighted by molar-refractivity contribution is 5.94. The fraction of sp³-hybridized carbons (Fsp3) is 0.250. The molecule has 1 aromatic rings. The maximum absolute atomic E-state index is 13.2. The molecule has 0 heterocycles. The van der Waals surface area contributed by atoms with Crippen LogP contribution >= 0.6 is 0 Å². The number of rotatable bonds is 6. The Morgan fingerprint density at radius 3 is 2.55 bits per heavy atom. The molecular weight excluding hydrogens is 271 g/mol. The molecule has 8 heteroatoms. The predicted octanol–water partition coefficient (Wildman–Crippen LogP) is 0.253. The smallest absolute Gasteiger partial charge is 0.329 e. The zero-order valence-corrected chi connectivity index (χ0v) is 10.4. The molecule has 0 saturated carbocycles. The number of hydrogen-bond donors (Lipinski definition) is 3. The van der Waals surface area contributed by atoms with Gasteiger partial charge in [-0.15, -0.1) is 0 Å². The molecule has 3 amide bonds. The van der Waals surface area contributed by atoms with E-state index in [2.05, 4.69) is 10.1 Å². The second-order valence-electron chi connectivity index (χ2n) is 3.71. The van der Waals surface area contributed by atoms with Gasteiger partial charge in [0, 0.05) is 12.1 Å². The molecule has 3 N–H and O–H groups in total. The Balaban J connectivity index is 2.28. The third-order valence-corrected chi connectivity index (χ3v) is 2.11. The van der Waals surface area contributed by atoms with Gasteiger partial charge in [0.05, 0.1) is 0 Å². The van der Waals surface area contributed by atoms with Crippen molar-refractivity contribution < 1.29 is 28.6 Å². The number of benzene rings is 1. The lowest BCUT2D eigenvalue weighted by atomic mass is 10.2. The van der Waals surface area contributed by atoms with Crippen LogP contribution in [-0.2, 0) is 20.9 Å². The van der Waals surface area contributed by atoms with Gasteiger partial charge in [-0.05, 0) is 6.07 Å². The van der Waals surface area contributed by atoms with Crippen LogP contribution in [0.15, 0.2) is 24.3 Å². The van der Waals surface area contributed by atoms with Crippen molar-refractivity contribution in [1.29, 1.82) is 0 Å². The fourth-order valence-corrected chi connectivity index (χ4v) is 1.26. The minimum Gasteiger partial charge on any atom is -0.480 e. The van der Waals surface area contributed by atoms with Crippen molar-refractivity contribution in [2.75, 3.05) is 13.2 Å². The van der Waals surface area contributed by atoms with Gasteiger partial charge in [0.2, 0.25) is 0 Å². The van der Waals surface area contributed by atoms with Gasteiger partial charge >= 0.3 is 12.0 Å². The number of ether oxygens (including phenoxy) is 1. The summed E-state index contributed by atoms with van der Waals surface area (Å²) in [6.07, 6.45) is 0. The number of imide groups is 1. The molecule has 0 aromatic heterocycles. The quantitative estimate of drug-likeness (QED) is 0.694. The summed E-state index contributed by atoms with van der Waals surface area (Å²) in [5, 5.41) is 12.5. The molecule has 0 aliphatic carbocycles. The molecule has 1 rings (SSSR count). The number of carboxylic acid groups (broad SMARTS) is 1. The summed E-state index contributed by atoms with van der Waals surface area (Å²) in [4.78, 5) is 32.6. The molecule has 1 aromatic carbocycles. The van der Waals surface area contributed by atoms with Crippen molar-refractivity contribution >= 4 is 17.9 Å². The fourth-order valence-electron chi connectivity index (χ4n) is 1.26. The lowest BCUT2D eigenvalue weighted by Crippen LogP contribution is -2.41. The summed E-state index contributed by atoms with van der Waals surface area (Å²) >= 11 is 0. The molecule has 0 aliphatic rings. The number of carbonyl (C=O) groups is 3. The Kier molecular flexibility index (Phi) is 6.11. The zero-order valence-electron chi connectivity index (χ0n) is 10.4. The van der Waals surface area contributed by atoms with Crippen molar-refractivity contribution in [3.63, 3.8) is 0 Å². The molecule has 0 radical (unpaired) electrons. The largest absolute Gasteiger partial charge is 0.480 e. The molecule has 7 nitrogen and oxygen atoms in total. The Hall–Kier alpha value is -2.48. The molecule has 0 fully saturated rings. The Labute approximate surface area is 113 Å². The van der Waals surface area contributed by atoms with Gasteiger partial charge in [-0.2, -0.15) is 0 Å². The third-order valence-electron chi connectivity index (χ3n) is 2.11. The average molecular weight is 284 g/mol. The van der Waals surface area contributed by atoms with Crippen LogP contribution in [0.3, 0.4) is 0 Å². The van der Waals surface area contributed by atoms with Crippen LogP contribution in [0.5, 0.6) is 0 Å². The maximum atomic E-state index is 13.2. The number of hydrogen-bond acceptors (Lipinski definition) is 4. The van der Waals surface area contributed by atoms with Gasteiger partial charge in [0.1, 0.15) is 19.0 Å². The molecule has 0 saturated heterocycles. The molecule has 0 unspecified atom stereocenters. The number of halogens is 1. The summed E-state index contributed by atoms with van der Waals surface area (Å²) in [7, 11) is 0. The summed E-state index contributed by atoms with van der Waals surface area (Å²) in [6, 6.07) is 5.05. The van der Waals surface area contributed by atoms with Crippen LogP contribution in [0.2, 0.25) is 0 Å². The van der Waals surface area contributed by atoms with Crippen molar-refractivity contribution in [3.05, 3.63) is 35.6 Å². The molecule has 0 aliphatic heterocycles. The van der Waals surface area contributed by atoms with Crippen LogP contribution in [0.4, 0.5) is 9.18 Å². The number of nitrogens with one attached hydrogen (secondary N) is 2. The van der Waals surface area contributed by atoms with Gasteiger partial charge in [-0.3, -0.25) is 10.1 Å². The summed E-state index contributed by atoms with van der Waals surface area (Å²) in [5.74, 6) is -2.48. The first-order valence-electron chi connectivity index (χ1n) is 5.59. The molecule has 108 valence electrons. The first kappa shape index (κ1) is 15.6.